The van der Waals surface area contributed by atoms with E-state index in [0.29, 0.717) is 11.3 Å². The standard InChI is InChI=1S/C40H54O/c1-30(18-13-20-32(3)23-25-37-34(5)22-15-27-39(37,7)8)16-11-12-17-31(2)19-14-21-33(4)24-26-38-35(6)28-36(41)29-40(38,9)10/h11-14,16-23,25,36-37,41H,15,27-29H2,1-10H3/b12-11+,18-13+,19-14+,25-23+,30-16+,31-17+,32-20+,33-21+/t36-,37+/m1/s1. The average Bonchev–Trinajstić information content (AvgIpc) is 2.84. The van der Waals surface area contributed by atoms with Crippen molar-refractivity contribution in [1.29, 1.82) is 0 Å². The van der Waals surface area contributed by atoms with Crippen LogP contribution in [0.1, 0.15) is 94.9 Å². The Hall–Kier alpha value is -3.08. The van der Waals surface area contributed by atoms with Crippen LogP contribution < -0.4 is 0 Å². The van der Waals surface area contributed by atoms with E-state index >= 15 is 0 Å². The number of aliphatic hydroxyl groups excluding tert-OH is 1. The molecule has 1 N–H and O–H groups in total. The molecule has 0 spiro atoms. The van der Waals surface area contributed by atoms with Crippen LogP contribution in [0.4, 0.5) is 0 Å². The van der Waals surface area contributed by atoms with Gasteiger partial charge in [-0.1, -0.05) is 146 Å². The number of aliphatic hydroxyl groups is 1. The Morgan fingerprint density at radius 1 is 0.829 bits per heavy atom. The highest BCUT2D eigenvalue weighted by Crippen LogP contribution is 2.42. The van der Waals surface area contributed by atoms with Crippen molar-refractivity contribution >= 4 is 0 Å². The molecule has 2 aliphatic rings. The monoisotopic (exact) mass is 550 g/mol. The summed E-state index contributed by atoms with van der Waals surface area (Å²) >= 11 is 0. The normalized spacial score (nSPS) is 24.5. The Morgan fingerprint density at radius 3 is 1.98 bits per heavy atom. The summed E-state index contributed by atoms with van der Waals surface area (Å²) < 4.78 is 0. The summed E-state index contributed by atoms with van der Waals surface area (Å²) in [7, 11) is 0. The van der Waals surface area contributed by atoms with Gasteiger partial charge in [0, 0.05) is 16.9 Å². The van der Waals surface area contributed by atoms with Crippen molar-refractivity contribution in [3.8, 4) is 11.8 Å². The summed E-state index contributed by atoms with van der Waals surface area (Å²) in [5.74, 6) is 7.21. The Balaban J connectivity index is 1.90. The van der Waals surface area contributed by atoms with Crippen molar-refractivity contribution < 1.29 is 5.11 Å². The van der Waals surface area contributed by atoms with E-state index in [1.54, 1.807) is 0 Å². The van der Waals surface area contributed by atoms with Crippen LogP contribution in [0.25, 0.3) is 0 Å². The molecule has 0 amide bonds. The first-order chi connectivity index (χ1) is 19.2. The molecular weight excluding hydrogens is 496 g/mol. The molecule has 2 aliphatic carbocycles. The van der Waals surface area contributed by atoms with Gasteiger partial charge < -0.3 is 5.11 Å². The fourth-order valence-electron chi connectivity index (χ4n) is 5.78. The van der Waals surface area contributed by atoms with Crippen LogP contribution in [0.3, 0.4) is 0 Å². The van der Waals surface area contributed by atoms with Gasteiger partial charge in [-0.2, -0.15) is 0 Å². The van der Waals surface area contributed by atoms with Gasteiger partial charge in [-0.05, 0) is 78.2 Å². The van der Waals surface area contributed by atoms with Crippen molar-refractivity contribution in [1.82, 2.24) is 0 Å². The fraction of sp³-hybridized carbons (Fsp3) is 0.450. The lowest BCUT2D eigenvalue weighted by atomic mass is 9.68. The highest BCUT2D eigenvalue weighted by molar-refractivity contribution is 5.45. The molecule has 0 aliphatic heterocycles. The van der Waals surface area contributed by atoms with E-state index in [0.717, 1.165) is 18.4 Å². The summed E-state index contributed by atoms with van der Waals surface area (Å²) in [5, 5.41) is 10.1. The predicted molar refractivity (Wildman–Crippen MR) is 181 cm³/mol. The minimum absolute atomic E-state index is 0.0742. The molecule has 1 heteroatoms. The van der Waals surface area contributed by atoms with E-state index in [4.69, 9.17) is 0 Å². The molecule has 0 fully saturated rings. The molecule has 0 aromatic rings. The number of rotatable bonds is 8. The van der Waals surface area contributed by atoms with Crippen LogP contribution >= 0.6 is 0 Å². The zero-order chi connectivity index (χ0) is 30.6. The lowest BCUT2D eigenvalue weighted by molar-refractivity contribution is 0.117. The Bertz CT molecular complexity index is 1290. The third kappa shape index (κ3) is 11.7. The highest BCUT2D eigenvalue weighted by Gasteiger charge is 2.32. The molecule has 0 saturated heterocycles. The SMILES string of the molecule is CC1=CCCC(C)(C)[C@H]1/C=C/C(C)=C/C=C/C(C)=C/C=C/C=C(C)/C=C/C=C(\C)C#CC1=C(C)C[C@@H](O)CC1(C)C. The molecule has 2 rings (SSSR count). The summed E-state index contributed by atoms with van der Waals surface area (Å²) in [5.41, 5.74) is 8.82. The van der Waals surface area contributed by atoms with Gasteiger partial charge in [-0.3, -0.25) is 0 Å². The van der Waals surface area contributed by atoms with Crippen LogP contribution in [0.15, 0.2) is 118 Å². The summed E-state index contributed by atoms with van der Waals surface area (Å²) in [6.45, 7) is 21.9. The van der Waals surface area contributed by atoms with Crippen LogP contribution in [0.5, 0.6) is 0 Å². The van der Waals surface area contributed by atoms with E-state index in [1.807, 2.05) is 6.92 Å². The molecule has 220 valence electrons. The summed E-state index contributed by atoms with van der Waals surface area (Å²) in [4.78, 5) is 0. The number of hydrogen-bond acceptors (Lipinski definition) is 1. The zero-order valence-electron chi connectivity index (χ0n) is 27.4. The van der Waals surface area contributed by atoms with Crippen molar-refractivity contribution in [2.75, 3.05) is 0 Å². The van der Waals surface area contributed by atoms with Crippen LogP contribution in [-0.2, 0) is 0 Å². The maximum Gasteiger partial charge on any atom is 0.0586 e. The Labute approximate surface area is 252 Å². The molecule has 2 atom stereocenters. The first kappa shape index (κ1) is 34.1. The van der Waals surface area contributed by atoms with Gasteiger partial charge >= 0.3 is 0 Å². The van der Waals surface area contributed by atoms with E-state index in [9.17, 15) is 5.11 Å². The average molecular weight is 551 g/mol. The van der Waals surface area contributed by atoms with Crippen molar-refractivity contribution in [3.63, 3.8) is 0 Å². The number of hydrogen-bond donors (Lipinski definition) is 1. The van der Waals surface area contributed by atoms with Crippen LogP contribution in [0, 0.1) is 28.6 Å². The van der Waals surface area contributed by atoms with Gasteiger partial charge in [0.05, 0.1) is 6.10 Å². The first-order valence-corrected chi connectivity index (χ1v) is 15.2. The molecule has 0 aromatic carbocycles. The van der Waals surface area contributed by atoms with E-state index in [2.05, 4.69) is 153 Å². The first-order valence-electron chi connectivity index (χ1n) is 15.2. The van der Waals surface area contributed by atoms with Gasteiger partial charge in [-0.25, -0.2) is 0 Å². The summed E-state index contributed by atoms with van der Waals surface area (Å²) in [6, 6.07) is 0. The minimum atomic E-state index is -0.254. The van der Waals surface area contributed by atoms with Crippen LogP contribution in [0.2, 0.25) is 0 Å². The van der Waals surface area contributed by atoms with E-state index < -0.39 is 0 Å². The quantitative estimate of drug-likeness (QED) is 0.181. The fourth-order valence-corrected chi connectivity index (χ4v) is 5.78. The lowest BCUT2D eigenvalue weighted by Gasteiger charge is -2.36. The molecule has 0 aromatic heterocycles. The molecule has 0 bridgehead atoms. The lowest BCUT2D eigenvalue weighted by Crippen LogP contribution is -2.28. The largest absolute Gasteiger partial charge is 0.393 e. The van der Waals surface area contributed by atoms with Gasteiger partial charge in [0.2, 0.25) is 0 Å². The molecule has 0 saturated carbocycles. The molecule has 0 radical (unpaired) electrons. The molecule has 1 nitrogen and oxygen atoms in total. The van der Waals surface area contributed by atoms with Crippen molar-refractivity contribution in [2.24, 2.45) is 16.7 Å². The van der Waals surface area contributed by atoms with Crippen molar-refractivity contribution in [3.05, 3.63) is 118 Å². The third-order valence-electron chi connectivity index (χ3n) is 8.17. The van der Waals surface area contributed by atoms with E-state index in [-0.39, 0.29) is 11.5 Å². The second-order valence-corrected chi connectivity index (χ2v) is 13.3. The topological polar surface area (TPSA) is 20.2 Å². The van der Waals surface area contributed by atoms with Crippen molar-refractivity contribution in [2.45, 2.75) is 101 Å². The maximum atomic E-state index is 10.1. The number of allylic oxidation sites excluding steroid dienone is 19. The van der Waals surface area contributed by atoms with Gasteiger partial charge in [0.25, 0.3) is 0 Å². The summed E-state index contributed by atoms with van der Waals surface area (Å²) in [6.07, 6.45) is 31.8. The minimum Gasteiger partial charge on any atom is -0.393 e. The predicted octanol–water partition coefficient (Wildman–Crippen LogP) is 10.9. The van der Waals surface area contributed by atoms with Gasteiger partial charge in [0.1, 0.15) is 0 Å². The molecule has 0 heterocycles. The molecular formula is C40H54O. The Morgan fingerprint density at radius 2 is 1.39 bits per heavy atom. The van der Waals surface area contributed by atoms with Gasteiger partial charge in [-0.15, -0.1) is 0 Å². The van der Waals surface area contributed by atoms with Gasteiger partial charge in [0.15, 0.2) is 0 Å². The zero-order valence-corrected chi connectivity index (χ0v) is 27.4. The second-order valence-electron chi connectivity index (χ2n) is 13.3. The van der Waals surface area contributed by atoms with E-state index in [1.165, 1.54) is 46.3 Å². The highest BCUT2D eigenvalue weighted by atomic mass is 16.3. The molecule has 41 heavy (non-hydrogen) atoms. The third-order valence-corrected chi connectivity index (χ3v) is 8.17. The maximum absolute atomic E-state index is 10.1. The smallest absolute Gasteiger partial charge is 0.0586 e. The molecule has 0 unspecified atom stereocenters. The Kier molecular flexibility index (Phi) is 13.1. The van der Waals surface area contributed by atoms with Crippen LogP contribution in [-0.4, -0.2) is 11.2 Å². The second kappa shape index (κ2) is 15.8.